The smallest absolute Gasteiger partial charge is 0.267 e. The lowest BCUT2D eigenvalue weighted by Gasteiger charge is -2.20. The highest BCUT2D eigenvalue weighted by Gasteiger charge is 2.31. The van der Waals surface area contributed by atoms with E-state index >= 15 is 0 Å². The Labute approximate surface area is 153 Å². The van der Waals surface area contributed by atoms with E-state index in [1.807, 2.05) is 6.26 Å². The molecule has 1 N–H and O–H groups in total. The summed E-state index contributed by atoms with van der Waals surface area (Å²) in [5, 5.41) is 10.9. The number of amides is 1. The number of rotatable bonds is 4. The van der Waals surface area contributed by atoms with E-state index in [9.17, 15) is 13.2 Å². The summed E-state index contributed by atoms with van der Waals surface area (Å²) in [5.41, 5.74) is 0.431. The summed E-state index contributed by atoms with van der Waals surface area (Å²) in [6.07, 6.45) is 2.41. The maximum atomic E-state index is 12.5. The van der Waals surface area contributed by atoms with Crippen LogP contribution in [-0.4, -0.2) is 49.7 Å². The molecule has 0 saturated carbocycles. The molecule has 1 aliphatic rings. The molecule has 134 valence electrons. The fraction of sp³-hybridized carbons (Fsp3) is 0.357. The van der Waals surface area contributed by atoms with Gasteiger partial charge in [-0.25, -0.2) is 8.42 Å². The second-order valence-electron chi connectivity index (χ2n) is 5.26. The van der Waals surface area contributed by atoms with Crippen LogP contribution in [0, 0.1) is 0 Å². The van der Waals surface area contributed by atoms with Gasteiger partial charge in [0.25, 0.3) is 5.91 Å². The third-order valence-electron chi connectivity index (χ3n) is 3.50. The van der Waals surface area contributed by atoms with Crippen LogP contribution in [0.15, 0.2) is 28.6 Å². The first-order valence-corrected chi connectivity index (χ1v) is 11.2. The fourth-order valence-electron chi connectivity index (χ4n) is 2.39. The number of carbonyl (C=O) groups is 1. The van der Waals surface area contributed by atoms with Gasteiger partial charge in [-0.2, -0.15) is 0 Å². The van der Waals surface area contributed by atoms with E-state index in [0.29, 0.717) is 16.6 Å². The van der Waals surface area contributed by atoms with Crippen LogP contribution in [0.4, 0.5) is 10.8 Å². The number of thioether (sulfide) groups is 1. The molecule has 25 heavy (non-hydrogen) atoms. The molecule has 0 spiro atoms. The zero-order valence-corrected chi connectivity index (χ0v) is 15.9. The number of nitrogens with zero attached hydrogens (tertiary/aromatic N) is 3. The molecule has 3 rings (SSSR count). The first-order chi connectivity index (χ1) is 11.9. The van der Waals surface area contributed by atoms with E-state index in [-0.39, 0.29) is 18.9 Å². The molecule has 0 unspecified atom stereocenters. The third kappa shape index (κ3) is 4.05. The molecular weight excluding hydrogens is 384 g/mol. The average Bonchev–Trinajstić information content (AvgIpc) is 2.91. The van der Waals surface area contributed by atoms with Gasteiger partial charge in [-0.3, -0.25) is 14.4 Å². The molecule has 0 fully saturated rings. The van der Waals surface area contributed by atoms with Crippen molar-refractivity contribution in [2.45, 2.75) is 16.9 Å². The van der Waals surface area contributed by atoms with Crippen LogP contribution in [0.25, 0.3) is 0 Å². The predicted molar refractivity (Wildman–Crippen MR) is 98.0 cm³/mol. The number of hydrogen-bond donors (Lipinski definition) is 1. The Balaban J connectivity index is 1.82. The molecule has 0 aliphatic carbocycles. The summed E-state index contributed by atoms with van der Waals surface area (Å²) in [7, 11) is -3.47. The lowest BCUT2D eigenvalue weighted by atomic mass is 10.2. The number of para-hydroxylation sites is 2. The van der Waals surface area contributed by atoms with Crippen molar-refractivity contribution in [1.82, 2.24) is 10.2 Å². The lowest BCUT2D eigenvalue weighted by molar-refractivity contribution is -0.122. The van der Waals surface area contributed by atoms with Gasteiger partial charge in [0.05, 0.1) is 11.9 Å². The monoisotopic (exact) mass is 400 g/mol. The van der Waals surface area contributed by atoms with Crippen LogP contribution >= 0.6 is 23.1 Å². The minimum absolute atomic E-state index is 0.153. The third-order valence-corrected chi connectivity index (χ3v) is 6.50. The van der Waals surface area contributed by atoms with Crippen molar-refractivity contribution in [3.63, 3.8) is 0 Å². The molecule has 1 aliphatic heterocycles. The number of anilines is 2. The van der Waals surface area contributed by atoms with E-state index in [0.717, 1.165) is 10.6 Å². The maximum Gasteiger partial charge on any atom is 0.267 e. The van der Waals surface area contributed by atoms with E-state index in [2.05, 4.69) is 15.5 Å². The van der Waals surface area contributed by atoms with Gasteiger partial charge in [-0.1, -0.05) is 35.2 Å². The van der Waals surface area contributed by atoms with Crippen LogP contribution in [-0.2, 0) is 14.8 Å². The number of benzene rings is 1. The van der Waals surface area contributed by atoms with E-state index in [1.54, 1.807) is 24.3 Å². The second kappa shape index (κ2) is 7.18. The Morgan fingerprint density at radius 1 is 1.40 bits per heavy atom. The van der Waals surface area contributed by atoms with Crippen molar-refractivity contribution in [2.24, 2.45) is 0 Å². The molecule has 0 bridgehead atoms. The number of ether oxygens (including phenoxy) is 1. The number of aromatic nitrogens is 2. The van der Waals surface area contributed by atoms with Crippen LogP contribution in [0.1, 0.15) is 6.42 Å². The molecule has 1 atom stereocenters. The molecule has 2 heterocycles. The van der Waals surface area contributed by atoms with Crippen LogP contribution in [0.3, 0.4) is 0 Å². The van der Waals surface area contributed by atoms with Crippen molar-refractivity contribution >= 4 is 49.8 Å². The lowest BCUT2D eigenvalue weighted by Crippen LogP contribution is -2.35. The molecule has 1 aromatic carbocycles. The highest BCUT2D eigenvalue weighted by Crippen LogP contribution is 2.34. The first kappa shape index (κ1) is 18.0. The van der Waals surface area contributed by atoms with Crippen LogP contribution in [0.5, 0.6) is 5.75 Å². The standard InChI is InChI=1S/C14H16N4O4S3/c1-23-14-17-16-13(24-14)15-12(19)11-7-8-18(25(2,20)21)9-5-3-4-6-10(9)22-11/h3-6,11H,7-8H2,1-2H3,(H,15,16,19)/t11-/m0/s1. The van der Waals surface area contributed by atoms with Crippen LogP contribution < -0.4 is 14.4 Å². The van der Waals surface area contributed by atoms with Gasteiger partial charge >= 0.3 is 0 Å². The zero-order valence-electron chi connectivity index (χ0n) is 13.5. The summed E-state index contributed by atoms with van der Waals surface area (Å²) in [6.45, 7) is 0.153. The molecule has 0 saturated heterocycles. The minimum atomic E-state index is -3.47. The Morgan fingerprint density at radius 2 is 2.16 bits per heavy atom. The summed E-state index contributed by atoms with van der Waals surface area (Å²) in [5.74, 6) is -0.0263. The van der Waals surface area contributed by atoms with Crippen molar-refractivity contribution in [1.29, 1.82) is 0 Å². The van der Waals surface area contributed by atoms with Gasteiger partial charge in [0.2, 0.25) is 15.2 Å². The number of hydrogen-bond acceptors (Lipinski definition) is 8. The van der Waals surface area contributed by atoms with Gasteiger partial charge < -0.3 is 4.74 Å². The summed E-state index contributed by atoms with van der Waals surface area (Å²) in [6, 6.07) is 6.77. The molecule has 11 heteroatoms. The zero-order chi connectivity index (χ0) is 18.0. The largest absolute Gasteiger partial charge is 0.478 e. The van der Waals surface area contributed by atoms with Crippen molar-refractivity contribution < 1.29 is 17.9 Å². The fourth-order valence-corrected chi connectivity index (χ4v) is 4.51. The molecule has 1 aromatic heterocycles. The Kier molecular flexibility index (Phi) is 5.16. The molecule has 0 radical (unpaired) electrons. The van der Waals surface area contributed by atoms with Crippen molar-refractivity contribution in [2.75, 3.05) is 28.7 Å². The summed E-state index contributed by atoms with van der Waals surface area (Å²) >= 11 is 2.71. The maximum absolute atomic E-state index is 12.5. The molecule has 1 amide bonds. The van der Waals surface area contributed by atoms with Gasteiger partial charge in [0.15, 0.2) is 10.4 Å². The normalized spacial score (nSPS) is 17.4. The highest BCUT2D eigenvalue weighted by atomic mass is 32.2. The van der Waals surface area contributed by atoms with E-state index in [1.165, 1.54) is 27.4 Å². The molecular formula is C14H16N4O4S3. The minimum Gasteiger partial charge on any atom is -0.478 e. The summed E-state index contributed by atoms with van der Waals surface area (Å²) in [4.78, 5) is 12.5. The number of fused-ring (bicyclic) bond motifs is 1. The number of nitrogens with one attached hydrogen (secondary N) is 1. The van der Waals surface area contributed by atoms with Gasteiger partial charge in [-0.15, -0.1) is 10.2 Å². The van der Waals surface area contributed by atoms with E-state index < -0.39 is 16.1 Å². The molecule has 8 nitrogen and oxygen atoms in total. The SMILES string of the molecule is CSc1nnc(NC(=O)[C@@H]2CCN(S(C)(=O)=O)c3ccccc3O2)s1. The van der Waals surface area contributed by atoms with Gasteiger partial charge in [0, 0.05) is 13.0 Å². The van der Waals surface area contributed by atoms with Gasteiger partial charge in [-0.05, 0) is 18.4 Å². The van der Waals surface area contributed by atoms with E-state index in [4.69, 9.17) is 4.74 Å². The second-order valence-corrected chi connectivity index (χ2v) is 9.20. The van der Waals surface area contributed by atoms with Crippen molar-refractivity contribution in [3.05, 3.63) is 24.3 Å². The Hall–Kier alpha value is -1.85. The quantitative estimate of drug-likeness (QED) is 0.617. The topological polar surface area (TPSA) is 101 Å². The average molecular weight is 401 g/mol. The predicted octanol–water partition coefficient (Wildman–Crippen LogP) is 1.82. The first-order valence-electron chi connectivity index (χ1n) is 7.30. The Morgan fingerprint density at radius 3 is 2.84 bits per heavy atom. The summed E-state index contributed by atoms with van der Waals surface area (Å²) < 4.78 is 31.9. The Bertz CT molecular complexity index is 884. The molecule has 2 aromatic rings. The van der Waals surface area contributed by atoms with Crippen LogP contribution in [0.2, 0.25) is 0 Å². The highest BCUT2D eigenvalue weighted by molar-refractivity contribution is 8.00. The number of carbonyl (C=O) groups excluding carboxylic acids is 1. The van der Waals surface area contributed by atoms with Gasteiger partial charge in [0.1, 0.15) is 5.75 Å². The van der Waals surface area contributed by atoms with Crippen molar-refractivity contribution in [3.8, 4) is 5.75 Å². The number of sulfonamides is 1.